The molecule has 0 bridgehead atoms. The number of ketones is 1. The Kier molecular flexibility index (Phi) is 5.26. The van der Waals surface area contributed by atoms with E-state index in [9.17, 15) is 9.59 Å². The van der Waals surface area contributed by atoms with Gasteiger partial charge in [0.1, 0.15) is 6.61 Å². The second-order valence-corrected chi connectivity index (χ2v) is 4.94. The zero-order valence-electron chi connectivity index (χ0n) is 11.6. The SMILES string of the molecule is CC(=O)c1ccc(NC(=O)COC2CCNCC2)cc1. The third kappa shape index (κ3) is 4.43. The molecule has 2 rings (SSSR count). The lowest BCUT2D eigenvalue weighted by Crippen LogP contribution is -2.34. The molecule has 0 spiro atoms. The molecule has 1 heterocycles. The van der Waals surface area contributed by atoms with Gasteiger partial charge in [-0.15, -0.1) is 0 Å². The maximum Gasteiger partial charge on any atom is 0.250 e. The van der Waals surface area contributed by atoms with Gasteiger partial charge in [-0.05, 0) is 57.1 Å². The minimum Gasteiger partial charge on any atom is -0.368 e. The molecule has 20 heavy (non-hydrogen) atoms. The van der Waals surface area contributed by atoms with E-state index in [1.54, 1.807) is 24.3 Å². The first-order chi connectivity index (χ1) is 9.65. The molecule has 0 atom stereocenters. The molecule has 0 unspecified atom stereocenters. The number of piperidine rings is 1. The lowest BCUT2D eigenvalue weighted by atomic mass is 10.1. The van der Waals surface area contributed by atoms with E-state index in [2.05, 4.69) is 10.6 Å². The highest BCUT2D eigenvalue weighted by atomic mass is 16.5. The van der Waals surface area contributed by atoms with E-state index in [4.69, 9.17) is 4.74 Å². The van der Waals surface area contributed by atoms with Gasteiger partial charge in [0.05, 0.1) is 6.10 Å². The summed E-state index contributed by atoms with van der Waals surface area (Å²) in [5, 5.41) is 6.01. The standard InChI is InChI=1S/C15H20N2O3/c1-11(18)12-2-4-13(5-3-12)17-15(19)10-20-14-6-8-16-9-7-14/h2-5,14,16H,6-10H2,1H3,(H,17,19). The van der Waals surface area contributed by atoms with Crippen LogP contribution in [-0.4, -0.2) is 37.5 Å². The minimum absolute atomic E-state index is 0.0112. The van der Waals surface area contributed by atoms with E-state index < -0.39 is 0 Å². The molecule has 108 valence electrons. The van der Waals surface area contributed by atoms with Crippen molar-refractivity contribution in [3.8, 4) is 0 Å². The fraction of sp³-hybridized carbons (Fsp3) is 0.467. The van der Waals surface area contributed by atoms with Crippen molar-refractivity contribution in [3.63, 3.8) is 0 Å². The van der Waals surface area contributed by atoms with E-state index in [-0.39, 0.29) is 24.4 Å². The molecule has 1 aromatic carbocycles. The van der Waals surface area contributed by atoms with Crippen LogP contribution in [0.2, 0.25) is 0 Å². The number of hydrogen-bond acceptors (Lipinski definition) is 4. The summed E-state index contributed by atoms with van der Waals surface area (Å²) in [6, 6.07) is 6.84. The highest BCUT2D eigenvalue weighted by molar-refractivity contribution is 5.95. The van der Waals surface area contributed by atoms with Crippen LogP contribution in [0.1, 0.15) is 30.1 Å². The maximum atomic E-state index is 11.8. The van der Waals surface area contributed by atoms with Crippen molar-refractivity contribution >= 4 is 17.4 Å². The van der Waals surface area contributed by atoms with Crippen molar-refractivity contribution in [1.29, 1.82) is 0 Å². The van der Waals surface area contributed by atoms with Crippen molar-refractivity contribution in [1.82, 2.24) is 5.32 Å². The molecule has 1 fully saturated rings. The number of carbonyl (C=O) groups is 2. The van der Waals surface area contributed by atoms with Gasteiger partial charge >= 0.3 is 0 Å². The number of rotatable bonds is 5. The highest BCUT2D eigenvalue weighted by Gasteiger charge is 2.14. The number of benzene rings is 1. The first kappa shape index (κ1) is 14.7. The van der Waals surface area contributed by atoms with Crippen molar-refractivity contribution in [2.75, 3.05) is 25.0 Å². The van der Waals surface area contributed by atoms with Gasteiger partial charge in [-0.3, -0.25) is 9.59 Å². The van der Waals surface area contributed by atoms with Gasteiger partial charge in [0.15, 0.2) is 5.78 Å². The Morgan fingerprint density at radius 3 is 2.50 bits per heavy atom. The molecule has 0 saturated carbocycles. The fourth-order valence-electron chi connectivity index (χ4n) is 2.14. The molecule has 1 aliphatic rings. The minimum atomic E-state index is -0.167. The van der Waals surface area contributed by atoms with Gasteiger partial charge < -0.3 is 15.4 Å². The van der Waals surface area contributed by atoms with Crippen molar-refractivity contribution in [3.05, 3.63) is 29.8 Å². The Morgan fingerprint density at radius 2 is 1.90 bits per heavy atom. The van der Waals surface area contributed by atoms with Crippen LogP contribution >= 0.6 is 0 Å². The zero-order valence-corrected chi connectivity index (χ0v) is 11.6. The van der Waals surface area contributed by atoms with E-state index in [1.165, 1.54) is 6.92 Å². The molecule has 1 amide bonds. The summed E-state index contributed by atoms with van der Waals surface area (Å²) in [4.78, 5) is 22.9. The van der Waals surface area contributed by atoms with Gasteiger partial charge in [0.2, 0.25) is 5.91 Å². The number of ether oxygens (including phenoxy) is 1. The van der Waals surface area contributed by atoms with Gasteiger partial charge in [0, 0.05) is 11.3 Å². The predicted octanol–water partition coefficient (Wildman–Crippen LogP) is 1.60. The number of carbonyl (C=O) groups excluding carboxylic acids is 2. The summed E-state index contributed by atoms with van der Waals surface area (Å²) in [5.74, 6) is -0.156. The number of nitrogens with one attached hydrogen (secondary N) is 2. The summed E-state index contributed by atoms with van der Waals surface area (Å²) in [6.45, 7) is 3.47. The summed E-state index contributed by atoms with van der Waals surface area (Å²) in [6.07, 6.45) is 2.06. The number of hydrogen-bond donors (Lipinski definition) is 2. The van der Waals surface area contributed by atoms with Crippen LogP contribution in [0.4, 0.5) is 5.69 Å². The van der Waals surface area contributed by atoms with E-state index in [1.807, 2.05) is 0 Å². The second kappa shape index (κ2) is 7.17. The molecule has 2 N–H and O–H groups in total. The molecule has 0 aliphatic carbocycles. The Bertz CT molecular complexity index is 465. The Balaban J connectivity index is 1.77. The number of amides is 1. The van der Waals surface area contributed by atoms with E-state index in [0.29, 0.717) is 11.3 Å². The van der Waals surface area contributed by atoms with Gasteiger partial charge in [-0.1, -0.05) is 0 Å². The van der Waals surface area contributed by atoms with Crippen molar-refractivity contribution in [2.24, 2.45) is 0 Å². The lowest BCUT2D eigenvalue weighted by Gasteiger charge is -2.22. The Labute approximate surface area is 118 Å². The average Bonchev–Trinajstić information content (AvgIpc) is 2.47. The van der Waals surface area contributed by atoms with Crippen LogP contribution in [0.25, 0.3) is 0 Å². The molecule has 1 aromatic rings. The molecule has 5 heteroatoms. The van der Waals surface area contributed by atoms with Crippen LogP contribution in [0, 0.1) is 0 Å². The Morgan fingerprint density at radius 1 is 1.25 bits per heavy atom. The first-order valence-electron chi connectivity index (χ1n) is 6.88. The molecule has 1 saturated heterocycles. The van der Waals surface area contributed by atoms with Crippen LogP contribution < -0.4 is 10.6 Å². The van der Waals surface area contributed by atoms with Gasteiger partial charge in [-0.25, -0.2) is 0 Å². The van der Waals surface area contributed by atoms with Crippen LogP contribution in [0.5, 0.6) is 0 Å². The van der Waals surface area contributed by atoms with Crippen LogP contribution in [-0.2, 0) is 9.53 Å². The topological polar surface area (TPSA) is 67.4 Å². The molecule has 5 nitrogen and oxygen atoms in total. The van der Waals surface area contributed by atoms with Gasteiger partial charge in [0.25, 0.3) is 0 Å². The number of anilines is 1. The monoisotopic (exact) mass is 276 g/mol. The van der Waals surface area contributed by atoms with Crippen LogP contribution in [0.3, 0.4) is 0 Å². The average molecular weight is 276 g/mol. The maximum absolute atomic E-state index is 11.8. The molecule has 0 radical (unpaired) electrons. The molecule has 1 aliphatic heterocycles. The summed E-state index contributed by atoms with van der Waals surface area (Å²) in [5.41, 5.74) is 1.31. The molecular formula is C15H20N2O3. The number of Topliss-reactive ketones (excluding diaryl/α,β-unsaturated/α-hetero) is 1. The fourth-order valence-corrected chi connectivity index (χ4v) is 2.14. The molecular weight excluding hydrogens is 256 g/mol. The van der Waals surface area contributed by atoms with Crippen molar-refractivity contribution < 1.29 is 14.3 Å². The summed E-state index contributed by atoms with van der Waals surface area (Å²) in [7, 11) is 0. The molecule has 0 aromatic heterocycles. The second-order valence-electron chi connectivity index (χ2n) is 4.94. The first-order valence-corrected chi connectivity index (χ1v) is 6.88. The van der Waals surface area contributed by atoms with Crippen LogP contribution in [0.15, 0.2) is 24.3 Å². The van der Waals surface area contributed by atoms with E-state index >= 15 is 0 Å². The van der Waals surface area contributed by atoms with Gasteiger partial charge in [-0.2, -0.15) is 0 Å². The van der Waals surface area contributed by atoms with E-state index in [0.717, 1.165) is 25.9 Å². The summed E-state index contributed by atoms with van der Waals surface area (Å²) < 4.78 is 5.57. The quantitative estimate of drug-likeness (QED) is 0.802. The summed E-state index contributed by atoms with van der Waals surface area (Å²) >= 11 is 0. The third-order valence-electron chi connectivity index (χ3n) is 3.31. The predicted molar refractivity (Wildman–Crippen MR) is 76.9 cm³/mol. The largest absolute Gasteiger partial charge is 0.368 e. The normalized spacial score (nSPS) is 15.8. The zero-order chi connectivity index (χ0) is 14.4. The Hall–Kier alpha value is -1.72. The highest BCUT2D eigenvalue weighted by Crippen LogP contribution is 2.11. The van der Waals surface area contributed by atoms with Crippen molar-refractivity contribution in [2.45, 2.75) is 25.9 Å². The smallest absolute Gasteiger partial charge is 0.250 e. The lowest BCUT2D eigenvalue weighted by molar-refractivity contribution is -0.123. The third-order valence-corrected chi connectivity index (χ3v) is 3.31.